The Morgan fingerprint density at radius 1 is 1.25 bits per heavy atom. The van der Waals surface area contributed by atoms with Crippen molar-refractivity contribution in [3.63, 3.8) is 0 Å². The van der Waals surface area contributed by atoms with Crippen LogP contribution in [0.3, 0.4) is 0 Å². The first-order valence-corrected chi connectivity index (χ1v) is 5.78. The van der Waals surface area contributed by atoms with E-state index < -0.39 is 0 Å². The summed E-state index contributed by atoms with van der Waals surface area (Å²) >= 11 is 0. The molecule has 0 aromatic rings. The van der Waals surface area contributed by atoms with Gasteiger partial charge in [-0.15, -0.1) is 9.24 Å². The summed E-state index contributed by atoms with van der Waals surface area (Å²) in [4.78, 5) is 0. The summed E-state index contributed by atoms with van der Waals surface area (Å²) in [6, 6.07) is 0. The van der Waals surface area contributed by atoms with Crippen molar-refractivity contribution in [3.05, 3.63) is 0 Å². The summed E-state index contributed by atoms with van der Waals surface area (Å²) in [6.07, 6.45) is 6.02. The van der Waals surface area contributed by atoms with E-state index in [0.717, 1.165) is 6.42 Å². The van der Waals surface area contributed by atoms with Gasteiger partial charge in [0.2, 0.25) is 0 Å². The van der Waals surface area contributed by atoms with Crippen LogP contribution in [-0.2, 0) is 0 Å². The molecule has 3 unspecified atom stereocenters. The zero-order valence-electron chi connectivity index (χ0n) is 8.77. The van der Waals surface area contributed by atoms with Crippen LogP contribution < -0.4 is 5.73 Å². The summed E-state index contributed by atoms with van der Waals surface area (Å²) in [7, 11) is 2.85. The van der Waals surface area contributed by atoms with Gasteiger partial charge in [0.1, 0.15) is 0 Å². The Morgan fingerprint density at radius 3 is 2.17 bits per heavy atom. The van der Waals surface area contributed by atoms with Crippen LogP contribution in [0.1, 0.15) is 52.9 Å². The van der Waals surface area contributed by atoms with E-state index in [1.54, 1.807) is 0 Å². The number of nitrogens with two attached hydrogens (primary N) is 1. The van der Waals surface area contributed by atoms with Crippen molar-refractivity contribution in [2.75, 3.05) is 0 Å². The molecule has 0 radical (unpaired) electrons. The minimum atomic E-state index is 0.0649. The van der Waals surface area contributed by atoms with Crippen LogP contribution in [0.15, 0.2) is 0 Å². The van der Waals surface area contributed by atoms with Crippen LogP contribution in [0.2, 0.25) is 0 Å². The van der Waals surface area contributed by atoms with Crippen molar-refractivity contribution in [1.82, 2.24) is 0 Å². The highest BCUT2D eigenvalue weighted by Crippen LogP contribution is 2.26. The van der Waals surface area contributed by atoms with Crippen LogP contribution in [0.25, 0.3) is 0 Å². The lowest BCUT2D eigenvalue weighted by atomic mass is 9.86. The smallest absolute Gasteiger partial charge is 0.0215 e. The Hall–Kier alpha value is 0.390. The van der Waals surface area contributed by atoms with E-state index in [1.165, 1.54) is 25.7 Å². The average molecular weight is 189 g/mol. The number of rotatable bonds is 6. The second-order valence-corrected chi connectivity index (χ2v) is 4.88. The van der Waals surface area contributed by atoms with E-state index >= 15 is 0 Å². The molecule has 0 aliphatic rings. The largest absolute Gasteiger partial charge is 0.325 e. The molecule has 0 saturated carbocycles. The van der Waals surface area contributed by atoms with E-state index in [0.29, 0.717) is 5.66 Å². The fourth-order valence-corrected chi connectivity index (χ4v) is 1.89. The predicted octanol–water partition coefficient (Wildman–Crippen LogP) is 2.94. The van der Waals surface area contributed by atoms with Crippen molar-refractivity contribution in [2.24, 2.45) is 5.73 Å². The molecule has 0 rings (SSSR count). The molecule has 3 atom stereocenters. The van der Waals surface area contributed by atoms with Crippen molar-refractivity contribution >= 4 is 9.24 Å². The highest BCUT2D eigenvalue weighted by atomic mass is 31.0. The number of unbranched alkanes of at least 4 members (excludes halogenated alkanes) is 1. The quantitative estimate of drug-likeness (QED) is 0.639. The number of hydrogen-bond acceptors (Lipinski definition) is 1. The van der Waals surface area contributed by atoms with Crippen LogP contribution in [0.4, 0.5) is 0 Å². The second-order valence-electron chi connectivity index (χ2n) is 3.88. The van der Waals surface area contributed by atoms with E-state index in [4.69, 9.17) is 5.73 Å². The summed E-state index contributed by atoms with van der Waals surface area (Å²) < 4.78 is 0. The fourth-order valence-electron chi connectivity index (χ4n) is 1.55. The first-order valence-electron chi connectivity index (χ1n) is 5.11. The van der Waals surface area contributed by atoms with Crippen molar-refractivity contribution in [1.29, 1.82) is 0 Å². The molecule has 0 spiro atoms. The molecule has 2 heteroatoms. The van der Waals surface area contributed by atoms with Gasteiger partial charge in [0.25, 0.3) is 0 Å². The Morgan fingerprint density at radius 2 is 1.83 bits per heavy atom. The lowest BCUT2D eigenvalue weighted by Crippen LogP contribution is -2.46. The molecule has 0 amide bonds. The maximum atomic E-state index is 6.32. The highest BCUT2D eigenvalue weighted by Gasteiger charge is 2.26. The lowest BCUT2D eigenvalue weighted by molar-refractivity contribution is 0.348. The molecule has 0 bridgehead atoms. The summed E-state index contributed by atoms with van der Waals surface area (Å²) in [5, 5.41) is 0. The molecule has 0 fully saturated rings. The van der Waals surface area contributed by atoms with Gasteiger partial charge < -0.3 is 5.73 Å². The van der Waals surface area contributed by atoms with Crippen LogP contribution in [0.5, 0.6) is 0 Å². The molecule has 0 aromatic carbocycles. The normalized spacial score (nSPS) is 18.8. The molecular weight excluding hydrogens is 165 g/mol. The van der Waals surface area contributed by atoms with Crippen LogP contribution in [0, 0.1) is 0 Å². The van der Waals surface area contributed by atoms with E-state index in [1.807, 2.05) is 0 Å². The molecule has 74 valence electrons. The van der Waals surface area contributed by atoms with Gasteiger partial charge in [-0.2, -0.15) is 0 Å². The van der Waals surface area contributed by atoms with Crippen molar-refractivity contribution in [3.8, 4) is 0 Å². The van der Waals surface area contributed by atoms with Gasteiger partial charge in [-0.1, -0.05) is 40.0 Å². The number of hydrogen-bond donors (Lipinski definition) is 1. The summed E-state index contributed by atoms with van der Waals surface area (Å²) in [5.41, 5.74) is 6.91. The molecule has 0 aromatic heterocycles. The first-order chi connectivity index (χ1) is 5.56. The van der Waals surface area contributed by atoms with Crippen molar-refractivity contribution in [2.45, 2.75) is 64.1 Å². The third kappa shape index (κ3) is 3.87. The summed E-state index contributed by atoms with van der Waals surface area (Å²) in [6.45, 7) is 6.64. The van der Waals surface area contributed by atoms with Crippen LogP contribution in [-0.4, -0.2) is 11.2 Å². The van der Waals surface area contributed by atoms with Gasteiger partial charge in [-0.05, 0) is 18.5 Å². The molecule has 0 aliphatic heterocycles. The molecular formula is C10H24NP. The first kappa shape index (κ1) is 12.4. The fraction of sp³-hybridized carbons (Fsp3) is 1.00. The maximum absolute atomic E-state index is 6.32. The van der Waals surface area contributed by atoms with E-state index in [9.17, 15) is 0 Å². The van der Waals surface area contributed by atoms with Gasteiger partial charge >= 0.3 is 0 Å². The van der Waals surface area contributed by atoms with Crippen LogP contribution >= 0.6 is 9.24 Å². The van der Waals surface area contributed by atoms with Crippen molar-refractivity contribution < 1.29 is 0 Å². The predicted molar refractivity (Wildman–Crippen MR) is 60.5 cm³/mol. The zero-order chi connectivity index (χ0) is 9.61. The van der Waals surface area contributed by atoms with Gasteiger partial charge in [-0.3, -0.25) is 0 Å². The Balaban J connectivity index is 3.99. The molecule has 0 aliphatic carbocycles. The molecule has 1 nitrogen and oxygen atoms in total. The zero-order valence-corrected chi connectivity index (χ0v) is 9.92. The molecule has 0 saturated heterocycles. The van der Waals surface area contributed by atoms with E-state index in [2.05, 4.69) is 30.0 Å². The third-order valence-electron chi connectivity index (χ3n) is 2.62. The Kier molecular flexibility index (Phi) is 6.13. The minimum Gasteiger partial charge on any atom is -0.325 e. The topological polar surface area (TPSA) is 26.0 Å². The minimum absolute atomic E-state index is 0.0649. The van der Waals surface area contributed by atoms with Gasteiger partial charge in [0, 0.05) is 5.54 Å². The monoisotopic (exact) mass is 189 g/mol. The SMILES string of the molecule is CCCCC(N)(CCC)C(C)P. The average Bonchev–Trinajstić information content (AvgIpc) is 2.01. The molecule has 12 heavy (non-hydrogen) atoms. The Bertz CT molecular complexity index is 114. The molecule has 0 heterocycles. The van der Waals surface area contributed by atoms with Gasteiger partial charge in [-0.25, -0.2) is 0 Å². The Labute approximate surface area is 79.7 Å². The second kappa shape index (κ2) is 5.94. The third-order valence-corrected chi connectivity index (χ3v) is 3.28. The van der Waals surface area contributed by atoms with Gasteiger partial charge in [0.15, 0.2) is 0 Å². The molecule has 2 N–H and O–H groups in total. The van der Waals surface area contributed by atoms with E-state index in [-0.39, 0.29) is 5.54 Å². The summed E-state index contributed by atoms with van der Waals surface area (Å²) in [5.74, 6) is 0. The highest BCUT2D eigenvalue weighted by molar-refractivity contribution is 7.17. The standard InChI is InChI=1S/C10H24NP/c1-4-6-8-10(11,7-5-2)9(3)12/h9H,4-8,11-12H2,1-3H3. The van der Waals surface area contributed by atoms with Gasteiger partial charge in [0.05, 0.1) is 0 Å². The lowest BCUT2D eigenvalue weighted by Gasteiger charge is -2.33. The maximum Gasteiger partial charge on any atom is 0.0215 e.